The van der Waals surface area contributed by atoms with Gasteiger partial charge >= 0.3 is 0 Å². The highest BCUT2D eigenvalue weighted by Gasteiger charge is 2.71. The van der Waals surface area contributed by atoms with Gasteiger partial charge < -0.3 is 20.3 Å². The summed E-state index contributed by atoms with van der Waals surface area (Å²) >= 11 is 0. The second-order valence-electron chi connectivity index (χ2n) is 10.4. The molecule has 5 aliphatic rings. The Morgan fingerprint density at radius 2 is 2.03 bits per heavy atom. The van der Waals surface area contributed by atoms with Gasteiger partial charge in [0, 0.05) is 12.0 Å². The van der Waals surface area contributed by atoms with Crippen LogP contribution in [0.25, 0.3) is 0 Å². The summed E-state index contributed by atoms with van der Waals surface area (Å²) in [6.07, 6.45) is 3.38. The number of Topliss-reactive ketones (excluding diaryl/α,β-unsaturated/α-hetero) is 1. The number of rotatable bonds is 3. The summed E-state index contributed by atoms with van der Waals surface area (Å²) in [7, 11) is 1.61. The van der Waals surface area contributed by atoms with Gasteiger partial charge in [-0.05, 0) is 74.2 Å². The molecule has 1 aromatic rings. The Bertz CT molecular complexity index is 977. The third kappa shape index (κ3) is 2.51. The van der Waals surface area contributed by atoms with E-state index in [4.69, 9.17) is 4.74 Å². The van der Waals surface area contributed by atoms with Gasteiger partial charge in [0.2, 0.25) is 5.91 Å². The molecule has 4 fully saturated rings. The Morgan fingerprint density at radius 1 is 1.23 bits per heavy atom. The molecule has 0 radical (unpaired) electrons. The summed E-state index contributed by atoms with van der Waals surface area (Å²) < 4.78 is 5.49. The number of ketones is 1. The maximum Gasteiger partial charge on any atom is 0.228 e. The molecule has 6 rings (SSSR count). The molecule has 1 aromatic carbocycles. The molecule has 0 unspecified atom stereocenters. The minimum absolute atomic E-state index is 0.0681. The number of fused-ring (bicyclic) bond motifs is 1. The van der Waals surface area contributed by atoms with Crippen molar-refractivity contribution in [1.29, 1.82) is 0 Å². The van der Waals surface area contributed by atoms with Crippen LogP contribution < -0.4 is 10.1 Å². The topological polar surface area (TPSA) is 99.1 Å². The SMILES string of the molecule is COc1ccc2c(c1)[C@]13CCN(CC4CC4)[C@H]([C@@H]2O)[C@]1(O)CC[C@@]1(C3)NC(=O)CC1=O. The highest BCUT2D eigenvalue weighted by molar-refractivity contribution is 6.10. The number of hydrogen-bond acceptors (Lipinski definition) is 6. The molecular formula is C24H30N2O5. The lowest BCUT2D eigenvalue weighted by Crippen LogP contribution is -2.77. The van der Waals surface area contributed by atoms with Gasteiger partial charge in [0.05, 0.1) is 31.3 Å². The summed E-state index contributed by atoms with van der Waals surface area (Å²) in [5.41, 5.74) is -1.12. The van der Waals surface area contributed by atoms with E-state index < -0.39 is 28.7 Å². The maximum absolute atomic E-state index is 13.0. The molecule has 1 amide bonds. The zero-order valence-electron chi connectivity index (χ0n) is 17.9. The first-order valence-electron chi connectivity index (χ1n) is 11.5. The summed E-state index contributed by atoms with van der Waals surface area (Å²) in [4.78, 5) is 27.4. The Hall–Kier alpha value is -1.96. The fraction of sp³-hybridized carbons (Fsp3) is 0.667. The van der Waals surface area contributed by atoms with Crippen LogP contribution in [0, 0.1) is 5.92 Å². The maximum atomic E-state index is 13.0. The van der Waals surface area contributed by atoms with E-state index >= 15 is 0 Å². The zero-order chi connectivity index (χ0) is 21.6. The Morgan fingerprint density at radius 3 is 2.71 bits per heavy atom. The fourth-order valence-electron chi connectivity index (χ4n) is 7.22. The lowest BCUT2D eigenvalue weighted by atomic mass is 9.46. The van der Waals surface area contributed by atoms with Crippen molar-refractivity contribution in [2.24, 2.45) is 5.92 Å². The summed E-state index contributed by atoms with van der Waals surface area (Å²) in [6, 6.07) is 5.28. The van der Waals surface area contributed by atoms with Gasteiger partial charge in [0.25, 0.3) is 0 Å². The van der Waals surface area contributed by atoms with Gasteiger partial charge in [-0.2, -0.15) is 0 Å². The molecule has 0 aromatic heterocycles. The van der Waals surface area contributed by atoms with Crippen LogP contribution in [0.3, 0.4) is 0 Å². The van der Waals surface area contributed by atoms with E-state index in [0.29, 0.717) is 37.4 Å². The standard InChI is InChI=1S/C24H30N2O5/c1-31-15-4-5-16-17(10-15)22-8-9-26(12-14-2-3-14)21(20(16)29)24(22,30)7-6-23(13-22)18(27)11-19(28)25-23/h4-5,10,14,20-21,29-30H,2-3,6-9,11-13H2,1H3,(H,25,28)/t20-,21-,22-,23+,24-/m1/s1. The van der Waals surface area contributed by atoms with E-state index in [2.05, 4.69) is 10.2 Å². The van der Waals surface area contributed by atoms with Crippen molar-refractivity contribution in [2.75, 3.05) is 20.2 Å². The Kier molecular flexibility index (Phi) is 4.01. The van der Waals surface area contributed by atoms with Gasteiger partial charge in [0.1, 0.15) is 11.3 Å². The molecule has 7 nitrogen and oxygen atoms in total. The van der Waals surface area contributed by atoms with E-state index in [1.807, 2.05) is 18.2 Å². The van der Waals surface area contributed by atoms with Crippen LogP contribution >= 0.6 is 0 Å². The number of ether oxygens (including phenoxy) is 1. The third-order valence-electron chi connectivity index (χ3n) is 8.89. The second-order valence-corrected chi connectivity index (χ2v) is 10.4. The van der Waals surface area contributed by atoms with E-state index in [0.717, 1.165) is 24.2 Å². The van der Waals surface area contributed by atoms with Crippen molar-refractivity contribution in [1.82, 2.24) is 10.2 Å². The predicted molar refractivity (Wildman–Crippen MR) is 112 cm³/mol. The van der Waals surface area contributed by atoms with Crippen molar-refractivity contribution >= 4 is 11.7 Å². The minimum atomic E-state index is -1.17. The molecule has 5 atom stereocenters. The van der Waals surface area contributed by atoms with Crippen LogP contribution in [-0.2, 0) is 15.0 Å². The summed E-state index contributed by atoms with van der Waals surface area (Å²) in [6.45, 7) is 1.65. The first-order chi connectivity index (χ1) is 14.8. The van der Waals surface area contributed by atoms with Crippen molar-refractivity contribution in [3.8, 4) is 5.75 Å². The Balaban J connectivity index is 1.53. The van der Waals surface area contributed by atoms with Gasteiger partial charge in [0.15, 0.2) is 5.78 Å². The fourth-order valence-corrected chi connectivity index (χ4v) is 7.22. The lowest BCUT2D eigenvalue weighted by Gasteiger charge is -2.67. The Labute approximate surface area is 181 Å². The molecule has 1 spiro atoms. The summed E-state index contributed by atoms with van der Waals surface area (Å²) in [5.74, 6) is 1.02. The van der Waals surface area contributed by atoms with Crippen LogP contribution in [0.15, 0.2) is 18.2 Å². The molecule has 2 saturated carbocycles. The number of aliphatic hydroxyl groups is 2. The van der Waals surface area contributed by atoms with E-state index in [-0.39, 0.29) is 18.1 Å². The molecule has 7 heteroatoms. The third-order valence-corrected chi connectivity index (χ3v) is 8.89. The predicted octanol–water partition coefficient (Wildman–Crippen LogP) is 1.21. The lowest BCUT2D eigenvalue weighted by molar-refractivity contribution is -0.208. The molecule has 2 heterocycles. The largest absolute Gasteiger partial charge is 0.497 e. The van der Waals surface area contributed by atoms with Crippen molar-refractivity contribution in [2.45, 2.75) is 73.6 Å². The number of methoxy groups -OCH3 is 1. The first-order valence-corrected chi connectivity index (χ1v) is 11.5. The smallest absolute Gasteiger partial charge is 0.228 e. The van der Waals surface area contributed by atoms with Crippen LogP contribution in [0.5, 0.6) is 5.75 Å². The number of carbonyl (C=O) groups is 2. The minimum Gasteiger partial charge on any atom is -0.497 e. The van der Waals surface area contributed by atoms with Crippen molar-refractivity contribution in [3.63, 3.8) is 0 Å². The van der Waals surface area contributed by atoms with Crippen molar-refractivity contribution in [3.05, 3.63) is 29.3 Å². The number of nitrogens with one attached hydrogen (secondary N) is 1. The molecule has 3 aliphatic carbocycles. The highest BCUT2D eigenvalue weighted by atomic mass is 16.5. The van der Waals surface area contributed by atoms with Gasteiger partial charge in [-0.1, -0.05) is 6.07 Å². The summed E-state index contributed by atoms with van der Waals surface area (Å²) in [5, 5.41) is 26.9. The van der Waals surface area contributed by atoms with Crippen LogP contribution in [0.1, 0.15) is 62.2 Å². The second kappa shape index (κ2) is 6.30. The average molecular weight is 427 g/mol. The normalized spacial score (nSPS) is 41.6. The van der Waals surface area contributed by atoms with Crippen LogP contribution in [0.4, 0.5) is 0 Å². The van der Waals surface area contributed by atoms with Gasteiger partial charge in [-0.3, -0.25) is 14.5 Å². The molecule has 2 saturated heterocycles. The molecule has 2 aliphatic heterocycles. The highest BCUT2D eigenvalue weighted by Crippen LogP contribution is 2.63. The molecule has 166 valence electrons. The zero-order valence-corrected chi connectivity index (χ0v) is 17.9. The number of hydrogen-bond donors (Lipinski definition) is 3. The number of likely N-dealkylation sites (tertiary alicyclic amines) is 1. The molecule has 2 bridgehead atoms. The molecular weight excluding hydrogens is 396 g/mol. The van der Waals surface area contributed by atoms with E-state index in [1.54, 1.807) is 7.11 Å². The van der Waals surface area contributed by atoms with E-state index in [9.17, 15) is 19.8 Å². The van der Waals surface area contributed by atoms with Crippen LogP contribution in [-0.4, -0.2) is 64.2 Å². The number of aliphatic hydroxyl groups excluding tert-OH is 1. The van der Waals surface area contributed by atoms with Gasteiger partial charge in [-0.25, -0.2) is 0 Å². The van der Waals surface area contributed by atoms with E-state index in [1.165, 1.54) is 12.8 Å². The number of piperidine rings is 1. The average Bonchev–Trinajstić information content (AvgIpc) is 3.51. The van der Waals surface area contributed by atoms with Crippen LogP contribution in [0.2, 0.25) is 0 Å². The number of amides is 1. The van der Waals surface area contributed by atoms with Crippen molar-refractivity contribution < 1.29 is 24.5 Å². The number of carbonyl (C=O) groups excluding carboxylic acids is 2. The molecule has 31 heavy (non-hydrogen) atoms. The number of benzene rings is 1. The first kappa shape index (κ1) is 19.7. The number of nitrogens with zero attached hydrogens (tertiary/aromatic N) is 1. The monoisotopic (exact) mass is 426 g/mol. The van der Waals surface area contributed by atoms with Gasteiger partial charge in [-0.15, -0.1) is 0 Å². The molecule has 3 N–H and O–H groups in total. The quantitative estimate of drug-likeness (QED) is 0.629.